The zero-order chi connectivity index (χ0) is 20.4. The molecule has 1 aromatic carbocycles. The van der Waals surface area contributed by atoms with Crippen LogP contribution < -0.4 is 5.32 Å². The van der Waals surface area contributed by atoms with Gasteiger partial charge >= 0.3 is 0 Å². The van der Waals surface area contributed by atoms with Crippen molar-refractivity contribution in [3.8, 4) is 0 Å². The monoisotopic (exact) mass is 411 g/mol. The van der Waals surface area contributed by atoms with Crippen LogP contribution in [0.3, 0.4) is 0 Å². The number of nitrogens with zero attached hydrogens (tertiary/aromatic N) is 3. The molecule has 2 N–H and O–H groups in total. The van der Waals surface area contributed by atoms with Crippen molar-refractivity contribution >= 4 is 28.6 Å². The minimum absolute atomic E-state index is 0.0211. The highest BCUT2D eigenvalue weighted by Gasteiger charge is 2.23. The number of hydrogen-bond acceptors (Lipinski definition) is 4. The fourth-order valence-electron chi connectivity index (χ4n) is 4.30. The number of nitrogens with one attached hydrogen (secondary N) is 2. The number of aryl methyl sites for hydroxylation is 3. The average Bonchev–Trinajstić information content (AvgIpc) is 3.44. The molecular weight excluding hydrogens is 382 g/mol. The highest BCUT2D eigenvalue weighted by Crippen LogP contribution is 2.33. The molecule has 1 aliphatic carbocycles. The predicted molar refractivity (Wildman–Crippen MR) is 118 cm³/mol. The second kappa shape index (κ2) is 8.61. The molecule has 4 rings (SSSR count). The van der Waals surface area contributed by atoms with E-state index in [-0.39, 0.29) is 5.91 Å². The fourth-order valence-corrected chi connectivity index (χ4v) is 4.87. The molecule has 0 aliphatic heterocycles. The van der Waals surface area contributed by atoms with E-state index in [0.29, 0.717) is 18.2 Å². The molecular formula is C22H29N5OS. The normalized spacial score (nSPS) is 14.7. The third-order valence-corrected chi connectivity index (χ3v) is 6.68. The summed E-state index contributed by atoms with van der Waals surface area (Å²) in [6.07, 6.45) is 8.76. The number of aromatic amines is 1. The first kappa shape index (κ1) is 20.0. The highest BCUT2D eigenvalue weighted by molar-refractivity contribution is 7.98. The minimum atomic E-state index is -0.0211. The average molecular weight is 412 g/mol. The van der Waals surface area contributed by atoms with Gasteiger partial charge in [0.15, 0.2) is 5.16 Å². The summed E-state index contributed by atoms with van der Waals surface area (Å²) < 4.78 is 2.34. The Balaban J connectivity index is 1.36. The summed E-state index contributed by atoms with van der Waals surface area (Å²) in [5.41, 5.74) is 4.13. The molecule has 0 atom stereocenters. The second-order valence-electron chi connectivity index (χ2n) is 7.91. The Morgan fingerprint density at radius 2 is 2.07 bits per heavy atom. The van der Waals surface area contributed by atoms with E-state index in [1.165, 1.54) is 31.2 Å². The van der Waals surface area contributed by atoms with Gasteiger partial charge in [-0.3, -0.25) is 4.79 Å². The van der Waals surface area contributed by atoms with Crippen LogP contribution in [0.2, 0.25) is 0 Å². The molecule has 7 heteroatoms. The van der Waals surface area contributed by atoms with E-state index < -0.39 is 0 Å². The molecule has 1 aliphatic rings. The standard InChI is InChI=1S/C22H29N5OS/c1-14-15(2)24-19-11-10-16(13-18(14)19)21(28)23-12-6-9-20-25-26-22(29-3)27(20)17-7-4-5-8-17/h10-11,13,17,24H,4-9,12H2,1-3H3,(H,23,28). The Bertz CT molecular complexity index is 1020. The molecule has 0 bridgehead atoms. The van der Waals surface area contributed by atoms with Gasteiger partial charge in [0.25, 0.3) is 5.91 Å². The van der Waals surface area contributed by atoms with Crippen molar-refractivity contribution in [2.45, 2.75) is 63.6 Å². The number of rotatable bonds is 7. The maximum absolute atomic E-state index is 12.6. The van der Waals surface area contributed by atoms with Crippen LogP contribution in [0.4, 0.5) is 0 Å². The van der Waals surface area contributed by atoms with E-state index in [1.807, 2.05) is 18.2 Å². The van der Waals surface area contributed by atoms with E-state index in [9.17, 15) is 4.79 Å². The van der Waals surface area contributed by atoms with Crippen LogP contribution in [0.25, 0.3) is 10.9 Å². The van der Waals surface area contributed by atoms with Crippen molar-refractivity contribution in [1.82, 2.24) is 25.1 Å². The Hall–Kier alpha value is -2.28. The van der Waals surface area contributed by atoms with E-state index in [2.05, 4.69) is 45.2 Å². The van der Waals surface area contributed by atoms with Gasteiger partial charge in [-0.05, 0) is 63.1 Å². The molecule has 154 valence electrons. The lowest BCUT2D eigenvalue weighted by atomic mass is 10.1. The fraction of sp³-hybridized carbons (Fsp3) is 0.500. The number of fused-ring (bicyclic) bond motifs is 1. The molecule has 0 unspecified atom stereocenters. The van der Waals surface area contributed by atoms with Gasteiger partial charge in [-0.1, -0.05) is 24.6 Å². The van der Waals surface area contributed by atoms with Crippen molar-refractivity contribution in [2.75, 3.05) is 12.8 Å². The molecule has 1 amide bonds. The summed E-state index contributed by atoms with van der Waals surface area (Å²) in [6.45, 7) is 4.77. The van der Waals surface area contributed by atoms with Gasteiger partial charge in [0.05, 0.1) is 0 Å². The first-order chi connectivity index (χ1) is 14.1. The van der Waals surface area contributed by atoms with Crippen LogP contribution in [-0.4, -0.2) is 38.5 Å². The Morgan fingerprint density at radius 1 is 1.28 bits per heavy atom. The Kier molecular flexibility index (Phi) is 5.94. The van der Waals surface area contributed by atoms with Crippen molar-refractivity contribution in [1.29, 1.82) is 0 Å². The topological polar surface area (TPSA) is 75.6 Å². The first-order valence-electron chi connectivity index (χ1n) is 10.4. The molecule has 2 aromatic heterocycles. The maximum Gasteiger partial charge on any atom is 0.251 e. The molecule has 3 aromatic rings. The van der Waals surface area contributed by atoms with Gasteiger partial charge in [0.1, 0.15) is 5.82 Å². The van der Waals surface area contributed by atoms with Crippen molar-refractivity contribution in [3.63, 3.8) is 0 Å². The van der Waals surface area contributed by atoms with Crippen LogP contribution in [0.5, 0.6) is 0 Å². The van der Waals surface area contributed by atoms with Crippen molar-refractivity contribution in [3.05, 3.63) is 40.8 Å². The van der Waals surface area contributed by atoms with Crippen LogP contribution in [0.15, 0.2) is 23.4 Å². The number of carbonyl (C=O) groups excluding carboxylic acids is 1. The molecule has 0 radical (unpaired) electrons. The summed E-state index contributed by atoms with van der Waals surface area (Å²) in [5, 5.41) is 14.0. The molecule has 6 nitrogen and oxygen atoms in total. The number of benzene rings is 1. The SMILES string of the molecule is CSc1nnc(CCCNC(=O)c2ccc3[nH]c(C)c(C)c3c2)n1C1CCCC1. The zero-order valence-corrected chi connectivity index (χ0v) is 18.2. The van der Waals surface area contributed by atoms with E-state index >= 15 is 0 Å². The van der Waals surface area contributed by atoms with Crippen molar-refractivity contribution < 1.29 is 4.79 Å². The van der Waals surface area contributed by atoms with Crippen molar-refractivity contribution in [2.24, 2.45) is 0 Å². The third kappa shape index (κ3) is 4.06. The number of thioether (sulfide) groups is 1. The van der Waals surface area contributed by atoms with Crippen LogP contribution in [-0.2, 0) is 6.42 Å². The maximum atomic E-state index is 12.6. The summed E-state index contributed by atoms with van der Waals surface area (Å²) in [4.78, 5) is 15.9. The molecule has 2 heterocycles. The predicted octanol–water partition coefficient (Wildman–Crippen LogP) is 4.58. The van der Waals surface area contributed by atoms with Gasteiger partial charge in [0.2, 0.25) is 0 Å². The lowest BCUT2D eigenvalue weighted by Crippen LogP contribution is -2.25. The highest BCUT2D eigenvalue weighted by atomic mass is 32.2. The minimum Gasteiger partial charge on any atom is -0.358 e. The van der Waals surface area contributed by atoms with Crippen LogP contribution >= 0.6 is 11.8 Å². The largest absolute Gasteiger partial charge is 0.358 e. The molecule has 29 heavy (non-hydrogen) atoms. The van der Waals surface area contributed by atoms with E-state index in [4.69, 9.17) is 0 Å². The molecule has 0 saturated heterocycles. The molecule has 0 spiro atoms. The second-order valence-corrected chi connectivity index (χ2v) is 8.68. The number of carbonyl (C=O) groups is 1. The Labute approximate surface area is 175 Å². The van der Waals surface area contributed by atoms with Crippen LogP contribution in [0, 0.1) is 13.8 Å². The summed E-state index contributed by atoms with van der Waals surface area (Å²) in [6, 6.07) is 6.38. The Morgan fingerprint density at radius 3 is 2.83 bits per heavy atom. The number of aromatic nitrogens is 4. The summed E-state index contributed by atoms with van der Waals surface area (Å²) in [5.74, 6) is 1.03. The van der Waals surface area contributed by atoms with Gasteiger partial charge in [0, 0.05) is 41.2 Å². The molecule has 1 saturated carbocycles. The molecule has 1 fully saturated rings. The number of H-pyrrole nitrogens is 1. The smallest absolute Gasteiger partial charge is 0.251 e. The van der Waals surface area contributed by atoms with Crippen LogP contribution in [0.1, 0.15) is 65.6 Å². The van der Waals surface area contributed by atoms with E-state index in [1.54, 1.807) is 11.8 Å². The summed E-state index contributed by atoms with van der Waals surface area (Å²) >= 11 is 1.67. The summed E-state index contributed by atoms with van der Waals surface area (Å²) in [7, 11) is 0. The number of hydrogen-bond donors (Lipinski definition) is 2. The van der Waals surface area contributed by atoms with Gasteiger partial charge in [-0.2, -0.15) is 0 Å². The van der Waals surface area contributed by atoms with Gasteiger partial charge in [-0.25, -0.2) is 0 Å². The third-order valence-electron chi connectivity index (χ3n) is 6.04. The van der Waals surface area contributed by atoms with Gasteiger partial charge < -0.3 is 14.9 Å². The first-order valence-corrected chi connectivity index (χ1v) is 11.7. The van der Waals surface area contributed by atoms with Gasteiger partial charge in [-0.15, -0.1) is 10.2 Å². The van der Waals surface area contributed by atoms with E-state index in [0.717, 1.165) is 40.4 Å². The quantitative estimate of drug-likeness (QED) is 0.441. The number of amides is 1. The zero-order valence-electron chi connectivity index (χ0n) is 17.4. The lowest BCUT2D eigenvalue weighted by molar-refractivity contribution is 0.0953. The lowest BCUT2D eigenvalue weighted by Gasteiger charge is -2.16.